The van der Waals surface area contributed by atoms with Crippen LogP contribution in [0.4, 0.5) is 0 Å². The number of amides is 1. The third-order valence-electron chi connectivity index (χ3n) is 5.72. The number of nitrogens with one attached hydrogen (secondary N) is 3. The van der Waals surface area contributed by atoms with Gasteiger partial charge in [-0.2, -0.15) is 5.10 Å². The second-order valence-corrected chi connectivity index (χ2v) is 8.16. The Morgan fingerprint density at radius 2 is 1.67 bits per heavy atom. The molecule has 33 heavy (non-hydrogen) atoms. The van der Waals surface area contributed by atoms with Gasteiger partial charge in [-0.3, -0.25) is 4.79 Å². The van der Waals surface area contributed by atoms with Crippen LogP contribution >= 0.6 is 0 Å². The van der Waals surface area contributed by atoms with Gasteiger partial charge in [0.25, 0.3) is 5.91 Å². The molecule has 6 heteroatoms. The van der Waals surface area contributed by atoms with Gasteiger partial charge in [0.15, 0.2) is 0 Å². The minimum Gasteiger partial charge on any atom is -0.494 e. The van der Waals surface area contributed by atoms with Crippen molar-refractivity contribution in [1.82, 2.24) is 16.3 Å². The zero-order valence-corrected chi connectivity index (χ0v) is 19.0. The fourth-order valence-electron chi connectivity index (χ4n) is 3.78. The van der Waals surface area contributed by atoms with Crippen molar-refractivity contribution < 1.29 is 9.53 Å². The quantitative estimate of drug-likeness (QED) is 0.352. The van der Waals surface area contributed by atoms with Crippen LogP contribution in [0.2, 0.25) is 0 Å². The van der Waals surface area contributed by atoms with Gasteiger partial charge in [0.1, 0.15) is 11.8 Å². The van der Waals surface area contributed by atoms with E-state index in [1.807, 2.05) is 61.5 Å². The van der Waals surface area contributed by atoms with E-state index >= 15 is 0 Å². The van der Waals surface area contributed by atoms with Crippen molar-refractivity contribution in [3.05, 3.63) is 90.0 Å². The second-order valence-electron chi connectivity index (χ2n) is 8.16. The number of carbonyl (C=O) groups excluding carboxylic acids is 1. The minimum absolute atomic E-state index is 0.0524. The zero-order chi connectivity index (χ0) is 23.0. The Labute approximate surface area is 195 Å². The number of hydrazone groups is 1. The number of hydrogen-bond donors (Lipinski definition) is 3. The number of nitrogens with zero attached hydrogens (tertiary/aromatic N) is 1. The smallest absolute Gasteiger partial charge is 0.258 e. The summed E-state index contributed by atoms with van der Waals surface area (Å²) < 4.78 is 5.64. The molecule has 1 fully saturated rings. The first-order valence-electron chi connectivity index (χ1n) is 11.4. The maximum absolute atomic E-state index is 12.6. The Morgan fingerprint density at radius 3 is 2.36 bits per heavy atom. The normalized spacial score (nSPS) is 18.2. The first-order valence-corrected chi connectivity index (χ1v) is 11.4. The van der Waals surface area contributed by atoms with E-state index in [1.54, 1.807) is 0 Å². The summed E-state index contributed by atoms with van der Waals surface area (Å²) in [6.07, 6.45) is 1.62. The molecule has 4 rings (SSSR count). The summed E-state index contributed by atoms with van der Waals surface area (Å²) in [7, 11) is 0. The van der Waals surface area contributed by atoms with Gasteiger partial charge in [0.2, 0.25) is 0 Å². The fraction of sp³-hybridized carbons (Fsp3) is 0.259. The third kappa shape index (κ3) is 5.86. The number of carbonyl (C=O) groups is 1. The molecule has 1 saturated heterocycles. The summed E-state index contributed by atoms with van der Waals surface area (Å²) in [4.78, 5) is 12.6. The predicted molar refractivity (Wildman–Crippen MR) is 132 cm³/mol. The largest absolute Gasteiger partial charge is 0.494 e. The van der Waals surface area contributed by atoms with Crippen molar-refractivity contribution in [2.75, 3.05) is 6.61 Å². The molecule has 6 nitrogen and oxygen atoms in total. The Kier molecular flexibility index (Phi) is 7.50. The molecule has 3 N–H and O–H groups in total. The highest BCUT2D eigenvalue weighted by molar-refractivity contribution is 5.99. The second kappa shape index (κ2) is 10.9. The average molecular weight is 443 g/mol. The van der Waals surface area contributed by atoms with Crippen molar-refractivity contribution in [3.8, 4) is 16.9 Å². The number of rotatable bonds is 8. The number of benzene rings is 3. The van der Waals surface area contributed by atoms with Gasteiger partial charge >= 0.3 is 0 Å². The lowest BCUT2D eigenvalue weighted by molar-refractivity contribution is -0.122. The number of ether oxygens (including phenoxy) is 1. The maximum Gasteiger partial charge on any atom is 0.258 e. The summed E-state index contributed by atoms with van der Waals surface area (Å²) in [6.45, 7) is 4.69. The molecule has 0 saturated carbocycles. The van der Waals surface area contributed by atoms with Gasteiger partial charge in [0.05, 0.1) is 12.3 Å². The Morgan fingerprint density at radius 1 is 0.970 bits per heavy atom. The van der Waals surface area contributed by atoms with Gasteiger partial charge in [-0.05, 0) is 54.2 Å². The van der Waals surface area contributed by atoms with Gasteiger partial charge in [0, 0.05) is 6.04 Å². The monoisotopic (exact) mass is 442 g/mol. The molecule has 1 aliphatic rings. The van der Waals surface area contributed by atoms with Crippen molar-refractivity contribution in [2.24, 2.45) is 5.10 Å². The van der Waals surface area contributed by atoms with E-state index in [9.17, 15) is 4.79 Å². The van der Waals surface area contributed by atoms with Crippen molar-refractivity contribution in [1.29, 1.82) is 0 Å². The Balaban J connectivity index is 1.31. The van der Waals surface area contributed by atoms with E-state index in [2.05, 4.69) is 52.6 Å². The Hall–Kier alpha value is -3.48. The van der Waals surface area contributed by atoms with E-state index in [0.717, 1.165) is 34.6 Å². The van der Waals surface area contributed by atoms with Crippen LogP contribution in [0.5, 0.6) is 5.75 Å². The highest BCUT2D eigenvalue weighted by Gasteiger charge is 2.30. The molecule has 0 aromatic heterocycles. The van der Waals surface area contributed by atoms with Gasteiger partial charge in [-0.15, -0.1) is 0 Å². The summed E-state index contributed by atoms with van der Waals surface area (Å²) in [5.74, 6) is 0.704. The molecular weight excluding hydrogens is 412 g/mol. The first-order chi connectivity index (χ1) is 16.1. The van der Waals surface area contributed by atoms with Crippen molar-refractivity contribution in [2.45, 2.75) is 38.8 Å². The highest BCUT2D eigenvalue weighted by Crippen LogP contribution is 2.24. The summed E-state index contributed by atoms with van der Waals surface area (Å²) in [5, 5.41) is 4.31. The first kappa shape index (κ1) is 22.7. The SMILES string of the molecule is CCCOc1ccc(C2CC(C(=O)N/N=C(\C)c3ccc(-c4ccccc4)cc3)NN2)cc1. The van der Waals surface area contributed by atoms with Gasteiger partial charge in [-0.25, -0.2) is 16.3 Å². The molecule has 2 atom stereocenters. The van der Waals surface area contributed by atoms with Gasteiger partial charge < -0.3 is 4.74 Å². The van der Waals surface area contributed by atoms with Crippen LogP contribution in [0.3, 0.4) is 0 Å². The third-order valence-corrected chi connectivity index (χ3v) is 5.72. The van der Waals surface area contributed by atoms with Crippen LogP contribution in [0.25, 0.3) is 11.1 Å². The lowest BCUT2D eigenvalue weighted by Gasteiger charge is -2.11. The zero-order valence-electron chi connectivity index (χ0n) is 19.0. The standard InChI is InChI=1S/C27H30N4O2/c1-3-17-33-24-15-13-23(14-16-24)25-18-26(30-29-25)27(32)31-28-19(2)20-9-11-22(12-10-20)21-7-5-4-6-8-21/h4-16,25-26,29-30H,3,17-18H2,1-2H3,(H,31,32)/b28-19+. The number of hydrazine groups is 1. The van der Waals surface area contributed by atoms with E-state index in [-0.39, 0.29) is 18.0 Å². The van der Waals surface area contributed by atoms with Crippen molar-refractivity contribution >= 4 is 11.6 Å². The summed E-state index contributed by atoms with van der Waals surface area (Å²) in [6, 6.07) is 26.1. The van der Waals surface area contributed by atoms with Crippen LogP contribution in [0.1, 0.15) is 43.9 Å². The average Bonchev–Trinajstić information content (AvgIpc) is 3.37. The maximum atomic E-state index is 12.6. The number of hydrogen-bond acceptors (Lipinski definition) is 5. The van der Waals surface area contributed by atoms with Crippen LogP contribution in [-0.4, -0.2) is 24.3 Å². The lowest BCUT2D eigenvalue weighted by atomic mass is 10.0. The predicted octanol–water partition coefficient (Wildman–Crippen LogP) is 4.59. The lowest BCUT2D eigenvalue weighted by Crippen LogP contribution is -2.41. The molecule has 0 bridgehead atoms. The molecule has 0 spiro atoms. The van der Waals surface area contributed by atoms with E-state index < -0.39 is 0 Å². The Bertz CT molecular complexity index is 1080. The molecule has 1 heterocycles. The molecule has 3 aromatic carbocycles. The van der Waals surface area contributed by atoms with Crippen LogP contribution in [0, 0.1) is 0 Å². The molecule has 0 radical (unpaired) electrons. The molecule has 1 amide bonds. The minimum atomic E-state index is -0.358. The van der Waals surface area contributed by atoms with Crippen LogP contribution in [0.15, 0.2) is 84.0 Å². The highest BCUT2D eigenvalue weighted by atomic mass is 16.5. The van der Waals surface area contributed by atoms with Crippen LogP contribution in [-0.2, 0) is 4.79 Å². The van der Waals surface area contributed by atoms with Crippen LogP contribution < -0.4 is 21.0 Å². The molecule has 3 aromatic rings. The van der Waals surface area contributed by atoms with E-state index in [0.29, 0.717) is 13.0 Å². The fourth-order valence-corrected chi connectivity index (χ4v) is 3.78. The van der Waals surface area contributed by atoms with Gasteiger partial charge in [-0.1, -0.05) is 73.7 Å². The summed E-state index contributed by atoms with van der Waals surface area (Å²) >= 11 is 0. The molecule has 170 valence electrons. The van der Waals surface area contributed by atoms with E-state index in [1.165, 1.54) is 5.56 Å². The molecule has 2 unspecified atom stereocenters. The topological polar surface area (TPSA) is 74.8 Å². The summed E-state index contributed by atoms with van der Waals surface area (Å²) in [5.41, 5.74) is 14.1. The molecule has 0 aliphatic carbocycles. The van der Waals surface area contributed by atoms with Crippen molar-refractivity contribution in [3.63, 3.8) is 0 Å². The molecule has 1 aliphatic heterocycles. The molecular formula is C27H30N4O2. The van der Waals surface area contributed by atoms with E-state index in [4.69, 9.17) is 4.74 Å².